The van der Waals surface area contributed by atoms with Crippen LogP contribution in [0.1, 0.15) is 24.1 Å². The highest BCUT2D eigenvalue weighted by atomic mass is 16.2. The molecule has 7 nitrogen and oxygen atoms in total. The van der Waals surface area contributed by atoms with Crippen molar-refractivity contribution >= 4 is 16.8 Å². The monoisotopic (exact) mass is 337 g/mol. The standard InChI is InChI=1S/C18H19N5O2/c24-17(19-9-13-10-21-23-8-4-3-7-16(13)23)11-22-12-20-15-6-2-1-5-14(15)18(22)25/h1-2,5-6,10,12H,3-4,7-9,11H2,(H,19,24). The first kappa shape index (κ1) is 15.6. The Morgan fingerprint density at radius 1 is 1.24 bits per heavy atom. The second-order valence-corrected chi connectivity index (χ2v) is 6.27. The second kappa shape index (κ2) is 6.51. The Balaban J connectivity index is 1.45. The SMILES string of the molecule is O=C(Cn1cnc2ccccc2c1=O)NCc1cnn2c1CCCC2. The zero-order valence-corrected chi connectivity index (χ0v) is 13.8. The minimum atomic E-state index is -0.213. The molecule has 128 valence electrons. The van der Waals surface area contributed by atoms with Gasteiger partial charge in [0, 0.05) is 24.3 Å². The van der Waals surface area contributed by atoms with Gasteiger partial charge in [0.2, 0.25) is 5.91 Å². The predicted octanol–water partition coefficient (Wildman–Crippen LogP) is 1.25. The van der Waals surface area contributed by atoms with E-state index in [-0.39, 0.29) is 18.0 Å². The Bertz CT molecular complexity index is 989. The van der Waals surface area contributed by atoms with Gasteiger partial charge in [-0.2, -0.15) is 5.10 Å². The minimum absolute atomic E-state index is 0.0415. The summed E-state index contributed by atoms with van der Waals surface area (Å²) in [6, 6.07) is 7.13. The molecular weight excluding hydrogens is 318 g/mol. The highest BCUT2D eigenvalue weighted by Gasteiger charge is 2.15. The van der Waals surface area contributed by atoms with Crippen LogP contribution < -0.4 is 10.9 Å². The third-order valence-corrected chi connectivity index (χ3v) is 4.59. The Kier molecular flexibility index (Phi) is 4.05. The first-order chi connectivity index (χ1) is 12.2. The fourth-order valence-electron chi connectivity index (χ4n) is 3.26. The van der Waals surface area contributed by atoms with Crippen LogP contribution in [0.5, 0.6) is 0 Å². The normalized spacial score (nSPS) is 13.6. The molecule has 0 bridgehead atoms. The van der Waals surface area contributed by atoms with Crippen LogP contribution in [0.4, 0.5) is 0 Å². The highest BCUT2D eigenvalue weighted by Crippen LogP contribution is 2.17. The van der Waals surface area contributed by atoms with Crippen molar-refractivity contribution in [1.29, 1.82) is 0 Å². The number of amides is 1. The molecule has 1 aliphatic heterocycles. The van der Waals surface area contributed by atoms with Crippen molar-refractivity contribution in [1.82, 2.24) is 24.6 Å². The molecule has 0 saturated heterocycles. The zero-order valence-electron chi connectivity index (χ0n) is 13.8. The molecule has 0 unspecified atom stereocenters. The number of para-hydroxylation sites is 1. The molecule has 1 N–H and O–H groups in total. The summed E-state index contributed by atoms with van der Waals surface area (Å²) >= 11 is 0. The number of hydrogen-bond acceptors (Lipinski definition) is 4. The van der Waals surface area contributed by atoms with Crippen molar-refractivity contribution in [3.8, 4) is 0 Å². The number of aryl methyl sites for hydroxylation is 1. The van der Waals surface area contributed by atoms with Crippen LogP contribution in [0.2, 0.25) is 0 Å². The van der Waals surface area contributed by atoms with E-state index in [9.17, 15) is 9.59 Å². The molecular formula is C18H19N5O2. The van der Waals surface area contributed by atoms with Crippen LogP contribution >= 0.6 is 0 Å². The maximum atomic E-state index is 12.4. The molecule has 0 fully saturated rings. The average molecular weight is 337 g/mol. The van der Waals surface area contributed by atoms with E-state index in [1.165, 1.54) is 16.6 Å². The molecule has 1 amide bonds. The van der Waals surface area contributed by atoms with E-state index in [4.69, 9.17) is 0 Å². The van der Waals surface area contributed by atoms with E-state index in [0.717, 1.165) is 31.4 Å². The lowest BCUT2D eigenvalue weighted by Crippen LogP contribution is -2.32. The second-order valence-electron chi connectivity index (χ2n) is 6.27. The van der Waals surface area contributed by atoms with Crippen molar-refractivity contribution in [2.75, 3.05) is 0 Å². The van der Waals surface area contributed by atoms with E-state index in [1.54, 1.807) is 18.2 Å². The Morgan fingerprint density at radius 3 is 3.04 bits per heavy atom. The quantitative estimate of drug-likeness (QED) is 0.777. The third kappa shape index (κ3) is 3.05. The summed E-state index contributed by atoms with van der Waals surface area (Å²) < 4.78 is 3.36. The molecule has 0 spiro atoms. The van der Waals surface area contributed by atoms with E-state index >= 15 is 0 Å². The highest BCUT2D eigenvalue weighted by molar-refractivity contribution is 5.78. The van der Waals surface area contributed by atoms with Gasteiger partial charge in [-0.05, 0) is 31.4 Å². The number of nitrogens with zero attached hydrogens (tertiary/aromatic N) is 4. The zero-order chi connectivity index (χ0) is 17.2. The first-order valence-corrected chi connectivity index (χ1v) is 8.47. The van der Waals surface area contributed by atoms with E-state index in [1.807, 2.05) is 16.9 Å². The molecule has 1 aromatic carbocycles. The molecule has 0 aliphatic carbocycles. The molecule has 4 rings (SSSR count). The van der Waals surface area contributed by atoms with Crippen molar-refractivity contribution in [2.45, 2.75) is 38.9 Å². The van der Waals surface area contributed by atoms with Crippen LogP contribution in [-0.2, 0) is 30.8 Å². The van der Waals surface area contributed by atoms with Crippen LogP contribution in [0.25, 0.3) is 10.9 Å². The van der Waals surface area contributed by atoms with Crippen LogP contribution in [0, 0.1) is 0 Å². The predicted molar refractivity (Wildman–Crippen MR) is 93.0 cm³/mol. The summed E-state index contributed by atoms with van der Waals surface area (Å²) in [6.07, 6.45) is 6.55. The summed E-state index contributed by atoms with van der Waals surface area (Å²) in [5, 5.41) is 7.76. The summed E-state index contributed by atoms with van der Waals surface area (Å²) in [6.45, 7) is 1.34. The van der Waals surface area contributed by atoms with Crippen molar-refractivity contribution in [3.05, 3.63) is 58.4 Å². The van der Waals surface area contributed by atoms with Gasteiger partial charge in [0.1, 0.15) is 6.54 Å². The van der Waals surface area contributed by atoms with Gasteiger partial charge >= 0.3 is 0 Å². The number of fused-ring (bicyclic) bond motifs is 2. The minimum Gasteiger partial charge on any atom is -0.350 e. The van der Waals surface area contributed by atoms with Gasteiger partial charge in [0.25, 0.3) is 5.56 Å². The van der Waals surface area contributed by atoms with Gasteiger partial charge in [0.05, 0.1) is 23.4 Å². The maximum absolute atomic E-state index is 12.4. The van der Waals surface area contributed by atoms with Gasteiger partial charge < -0.3 is 5.32 Å². The Morgan fingerprint density at radius 2 is 2.12 bits per heavy atom. The van der Waals surface area contributed by atoms with Gasteiger partial charge in [0.15, 0.2) is 0 Å². The number of nitrogens with one attached hydrogen (secondary N) is 1. The van der Waals surface area contributed by atoms with Crippen molar-refractivity contribution in [2.24, 2.45) is 0 Å². The number of hydrogen-bond donors (Lipinski definition) is 1. The van der Waals surface area contributed by atoms with Crippen molar-refractivity contribution < 1.29 is 4.79 Å². The molecule has 2 aromatic heterocycles. The lowest BCUT2D eigenvalue weighted by Gasteiger charge is -2.15. The molecule has 0 radical (unpaired) electrons. The van der Waals surface area contributed by atoms with Gasteiger partial charge in [-0.3, -0.25) is 18.8 Å². The molecule has 0 saturated carbocycles. The van der Waals surface area contributed by atoms with Crippen LogP contribution in [0.3, 0.4) is 0 Å². The maximum Gasteiger partial charge on any atom is 0.261 e. The van der Waals surface area contributed by atoms with Crippen molar-refractivity contribution in [3.63, 3.8) is 0 Å². The van der Waals surface area contributed by atoms with E-state index in [2.05, 4.69) is 15.4 Å². The number of rotatable bonds is 4. The lowest BCUT2D eigenvalue weighted by atomic mass is 10.1. The number of benzene rings is 1. The smallest absolute Gasteiger partial charge is 0.261 e. The van der Waals surface area contributed by atoms with Gasteiger partial charge in [-0.15, -0.1) is 0 Å². The summed E-state index contributed by atoms with van der Waals surface area (Å²) in [7, 11) is 0. The van der Waals surface area contributed by atoms with Crippen LogP contribution in [0.15, 0.2) is 41.6 Å². The number of carbonyl (C=O) groups excluding carboxylic acids is 1. The summed E-state index contributed by atoms with van der Waals surface area (Å²) in [4.78, 5) is 28.9. The fourth-order valence-corrected chi connectivity index (χ4v) is 3.26. The third-order valence-electron chi connectivity index (χ3n) is 4.59. The molecule has 3 aromatic rings. The topological polar surface area (TPSA) is 81.8 Å². The Labute approximate surface area is 144 Å². The first-order valence-electron chi connectivity index (χ1n) is 8.47. The molecule has 7 heteroatoms. The summed E-state index contributed by atoms with van der Waals surface area (Å²) in [5.74, 6) is -0.213. The van der Waals surface area contributed by atoms with Crippen LogP contribution in [-0.4, -0.2) is 25.2 Å². The van der Waals surface area contributed by atoms with E-state index in [0.29, 0.717) is 17.4 Å². The summed E-state index contributed by atoms with van der Waals surface area (Å²) in [5.41, 5.74) is 2.69. The molecule has 1 aliphatic rings. The molecule has 3 heterocycles. The van der Waals surface area contributed by atoms with E-state index < -0.39 is 0 Å². The number of carbonyl (C=O) groups is 1. The molecule has 25 heavy (non-hydrogen) atoms. The fraction of sp³-hybridized carbons (Fsp3) is 0.333. The molecule has 0 atom stereocenters. The lowest BCUT2D eigenvalue weighted by molar-refractivity contribution is -0.121. The van der Waals surface area contributed by atoms with Gasteiger partial charge in [-0.1, -0.05) is 12.1 Å². The number of aromatic nitrogens is 4. The Hall–Kier alpha value is -2.96. The van der Waals surface area contributed by atoms with Gasteiger partial charge in [-0.25, -0.2) is 4.98 Å². The largest absolute Gasteiger partial charge is 0.350 e. The average Bonchev–Trinajstić information content (AvgIpc) is 3.06.